The Bertz CT molecular complexity index is 202. The van der Waals surface area contributed by atoms with Crippen LogP contribution in [0, 0.1) is 0 Å². The predicted octanol–water partition coefficient (Wildman–Crippen LogP) is 2.24. The van der Waals surface area contributed by atoms with Crippen LogP contribution in [-0.2, 0) is 4.79 Å². The van der Waals surface area contributed by atoms with E-state index in [-0.39, 0.29) is 0 Å². The van der Waals surface area contributed by atoms with Crippen molar-refractivity contribution in [1.82, 2.24) is 0 Å². The zero-order chi connectivity index (χ0) is 9.99. The molecule has 0 N–H and O–H groups in total. The van der Waals surface area contributed by atoms with E-state index in [1.807, 2.05) is 0 Å². The maximum Gasteiger partial charge on any atom is 0.457 e. The molecule has 0 heterocycles. The molecule has 0 aromatic heterocycles. The molecule has 0 aliphatic heterocycles. The minimum absolute atomic E-state index is 0.736. The van der Waals surface area contributed by atoms with Gasteiger partial charge in [-0.05, 0) is 0 Å². The fourth-order valence-electron chi connectivity index (χ4n) is 0.289. The highest BCUT2D eigenvalue weighted by Crippen LogP contribution is 2.37. The average Bonchev–Trinajstić information content (AvgIpc) is 1.84. The first-order chi connectivity index (χ1) is 5.20. The summed E-state index contributed by atoms with van der Waals surface area (Å²) in [5.74, 6) is -7.46. The third-order valence-corrected chi connectivity index (χ3v) is 0.810. The minimum Gasteiger partial charge on any atom is -0.295 e. The standard InChI is InChI=1S/C5H2F6O/c6-3(2-12)1-4(7,8)5(9,10)11/h1-2H. The Labute approximate surface area is 62.7 Å². The van der Waals surface area contributed by atoms with Crippen LogP contribution in [0.3, 0.4) is 0 Å². The summed E-state index contributed by atoms with van der Waals surface area (Å²) in [5, 5.41) is 0. The van der Waals surface area contributed by atoms with Crippen LogP contribution in [-0.4, -0.2) is 18.4 Å². The third-order valence-electron chi connectivity index (χ3n) is 0.810. The van der Waals surface area contributed by atoms with Crippen molar-refractivity contribution < 1.29 is 31.1 Å². The lowest BCUT2D eigenvalue weighted by Crippen LogP contribution is -2.34. The van der Waals surface area contributed by atoms with Crippen LogP contribution in [0.5, 0.6) is 0 Å². The molecule has 0 aliphatic rings. The van der Waals surface area contributed by atoms with Crippen LogP contribution in [0.4, 0.5) is 26.3 Å². The summed E-state index contributed by atoms with van der Waals surface area (Å²) in [7, 11) is 0. The van der Waals surface area contributed by atoms with Crippen LogP contribution in [0.1, 0.15) is 0 Å². The highest BCUT2D eigenvalue weighted by atomic mass is 19.4. The Morgan fingerprint density at radius 1 is 1.08 bits per heavy atom. The second kappa shape index (κ2) is 3.16. The van der Waals surface area contributed by atoms with E-state index in [0.29, 0.717) is 0 Å². The zero-order valence-electron chi connectivity index (χ0n) is 5.33. The topological polar surface area (TPSA) is 17.1 Å². The fourth-order valence-corrected chi connectivity index (χ4v) is 0.289. The Morgan fingerprint density at radius 2 is 1.50 bits per heavy atom. The second-order valence-corrected chi connectivity index (χ2v) is 1.77. The smallest absolute Gasteiger partial charge is 0.295 e. The van der Waals surface area contributed by atoms with E-state index in [0.717, 1.165) is 0 Å². The summed E-state index contributed by atoms with van der Waals surface area (Å²) in [6, 6.07) is 0. The molecule has 0 aromatic rings. The van der Waals surface area contributed by atoms with E-state index in [2.05, 4.69) is 0 Å². The second-order valence-electron chi connectivity index (χ2n) is 1.77. The van der Waals surface area contributed by atoms with Gasteiger partial charge in [-0.3, -0.25) is 4.79 Å². The van der Waals surface area contributed by atoms with Gasteiger partial charge in [0.2, 0.25) is 0 Å². The molecule has 0 saturated carbocycles. The average molecular weight is 192 g/mol. The highest BCUT2D eigenvalue weighted by molar-refractivity contribution is 5.70. The molecule has 0 aromatic carbocycles. The predicted molar refractivity (Wildman–Crippen MR) is 26.3 cm³/mol. The number of hydrogen-bond donors (Lipinski definition) is 0. The monoisotopic (exact) mass is 192 g/mol. The molecule has 0 spiro atoms. The molecule has 12 heavy (non-hydrogen) atoms. The molecule has 0 fully saturated rings. The van der Waals surface area contributed by atoms with E-state index in [4.69, 9.17) is 0 Å². The molecule has 7 heteroatoms. The number of hydrogen-bond acceptors (Lipinski definition) is 1. The lowest BCUT2D eigenvalue weighted by atomic mass is 10.3. The summed E-state index contributed by atoms with van der Waals surface area (Å²) < 4.78 is 69.0. The summed E-state index contributed by atoms with van der Waals surface area (Å²) in [4.78, 5) is 9.37. The molecule has 0 aliphatic carbocycles. The van der Waals surface area contributed by atoms with E-state index in [9.17, 15) is 31.1 Å². The molecule has 70 valence electrons. The number of carbonyl (C=O) groups excluding carboxylic acids is 1. The summed E-state index contributed by atoms with van der Waals surface area (Å²) in [5.41, 5.74) is 0. The van der Waals surface area contributed by atoms with E-state index < -0.39 is 30.3 Å². The maximum atomic E-state index is 11.8. The van der Waals surface area contributed by atoms with Crippen molar-refractivity contribution in [3.8, 4) is 0 Å². The summed E-state index contributed by atoms with van der Waals surface area (Å²) in [6.45, 7) is 0. The van der Waals surface area contributed by atoms with Gasteiger partial charge in [-0.1, -0.05) is 0 Å². The number of aldehydes is 1. The van der Waals surface area contributed by atoms with Crippen LogP contribution < -0.4 is 0 Å². The Kier molecular flexibility index (Phi) is 2.89. The van der Waals surface area contributed by atoms with Crippen molar-refractivity contribution in [3.05, 3.63) is 11.9 Å². The molecule has 0 rings (SSSR count). The first-order valence-electron chi connectivity index (χ1n) is 2.49. The largest absolute Gasteiger partial charge is 0.457 e. The first kappa shape index (κ1) is 11.0. The molecule has 0 amide bonds. The van der Waals surface area contributed by atoms with Crippen molar-refractivity contribution in [2.45, 2.75) is 12.1 Å². The van der Waals surface area contributed by atoms with Crippen LogP contribution in [0.2, 0.25) is 0 Å². The number of carbonyl (C=O) groups is 1. The van der Waals surface area contributed by atoms with Gasteiger partial charge in [-0.15, -0.1) is 0 Å². The molecule has 0 unspecified atom stereocenters. The van der Waals surface area contributed by atoms with Crippen molar-refractivity contribution in [2.24, 2.45) is 0 Å². The number of allylic oxidation sites excluding steroid dienone is 2. The summed E-state index contributed by atoms with van der Waals surface area (Å²) >= 11 is 0. The Morgan fingerprint density at radius 3 is 1.75 bits per heavy atom. The van der Waals surface area contributed by atoms with Gasteiger partial charge in [0.15, 0.2) is 12.1 Å². The molecular formula is C5H2F6O. The maximum absolute atomic E-state index is 11.8. The van der Waals surface area contributed by atoms with Gasteiger partial charge < -0.3 is 0 Å². The molecule has 0 atom stereocenters. The first-order valence-corrected chi connectivity index (χ1v) is 2.49. The molecule has 0 saturated heterocycles. The van der Waals surface area contributed by atoms with Gasteiger partial charge in [0.1, 0.15) is 0 Å². The quantitative estimate of drug-likeness (QED) is 0.372. The van der Waals surface area contributed by atoms with Gasteiger partial charge in [-0.2, -0.15) is 22.0 Å². The van der Waals surface area contributed by atoms with Crippen LogP contribution in [0.25, 0.3) is 0 Å². The molecular weight excluding hydrogens is 190 g/mol. The van der Waals surface area contributed by atoms with E-state index in [1.54, 1.807) is 0 Å². The highest BCUT2D eigenvalue weighted by Gasteiger charge is 2.56. The zero-order valence-corrected chi connectivity index (χ0v) is 5.33. The SMILES string of the molecule is O=CC(F)=CC(F)(F)C(F)(F)F. The number of rotatable bonds is 2. The van der Waals surface area contributed by atoms with Crippen molar-refractivity contribution in [3.63, 3.8) is 0 Å². The molecule has 0 bridgehead atoms. The normalized spacial score (nSPS) is 14.7. The van der Waals surface area contributed by atoms with Crippen molar-refractivity contribution >= 4 is 6.29 Å². The Balaban J connectivity index is 4.75. The van der Waals surface area contributed by atoms with Crippen LogP contribution in [0.15, 0.2) is 11.9 Å². The lowest BCUT2D eigenvalue weighted by Gasteiger charge is -2.14. The third kappa shape index (κ3) is 2.55. The van der Waals surface area contributed by atoms with E-state index in [1.165, 1.54) is 0 Å². The van der Waals surface area contributed by atoms with Gasteiger partial charge in [-0.25, -0.2) is 4.39 Å². The minimum atomic E-state index is -5.88. The van der Waals surface area contributed by atoms with Crippen molar-refractivity contribution in [1.29, 1.82) is 0 Å². The number of halogens is 6. The van der Waals surface area contributed by atoms with Gasteiger partial charge in [0, 0.05) is 6.08 Å². The summed E-state index contributed by atoms with van der Waals surface area (Å²) in [6.07, 6.45) is -7.70. The van der Waals surface area contributed by atoms with Gasteiger partial charge >= 0.3 is 12.1 Å². The van der Waals surface area contributed by atoms with Crippen molar-refractivity contribution in [2.75, 3.05) is 0 Å². The molecule has 0 radical (unpaired) electrons. The number of alkyl halides is 5. The van der Waals surface area contributed by atoms with E-state index >= 15 is 0 Å². The van der Waals surface area contributed by atoms with Gasteiger partial charge in [0.05, 0.1) is 0 Å². The Hall–Kier alpha value is -1.01. The lowest BCUT2D eigenvalue weighted by molar-refractivity contribution is -0.259. The molecule has 1 nitrogen and oxygen atoms in total. The van der Waals surface area contributed by atoms with Gasteiger partial charge in [0.25, 0.3) is 0 Å². The fraction of sp³-hybridized carbons (Fsp3) is 0.400. The van der Waals surface area contributed by atoms with Crippen LogP contribution >= 0.6 is 0 Å².